The molecular weight excluding hydrogens is 440 g/mol. The van der Waals surface area contributed by atoms with Gasteiger partial charge in [-0.3, -0.25) is 0 Å². The summed E-state index contributed by atoms with van der Waals surface area (Å²) in [5.41, 5.74) is 0.913. The molecule has 0 unspecified atom stereocenters. The van der Waals surface area contributed by atoms with Crippen molar-refractivity contribution in [1.82, 2.24) is 10.6 Å². The first-order valence-corrected chi connectivity index (χ1v) is 9.40. The average Bonchev–Trinajstić information content (AvgIpc) is 2.60. The molecule has 0 bridgehead atoms. The van der Waals surface area contributed by atoms with Crippen molar-refractivity contribution in [3.8, 4) is 0 Å². The largest absolute Gasteiger partial charge is 0.416 e. The van der Waals surface area contributed by atoms with E-state index in [9.17, 15) is 13.2 Å². The second kappa shape index (κ2) is 8.05. The zero-order valence-corrected chi connectivity index (χ0v) is 15.8. The molecule has 1 aliphatic rings. The molecule has 2 N–H and O–H groups in total. The first kappa shape index (κ1) is 18.7. The summed E-state index contributed by atoms with van der Waals surface area (Å²) in [4.78, 5) is 0. The van der Waals surface area contributed by atoms with Crippen LogP contribution >= 0.6 is 22.6 Å². The van der Waals surface area contributed by atoms with Gasteiger partial charge in [-0.25, -0.2) is 0 Å². The summed E-state index contributed by atoms with van der Waals surface area (Å²) in [6.45, 7) is 1.14. The quantitative estimate of drug-likeness (QED) is 0.635. The minimum Gasteiger partial charge on any atom is -0.309 e. The van der Waals surface area contributed by atoms with Crippen LogP contribution in [0.15, 0.2) is 48.5 Å². The van der Waals surface area contributed by atoms with Crippen molar-refractivity contribution in [2.75, 3.05) is 6.54 Å². The minimum atomic E-state index is -4.33. The van der Waals surface area contributed by atoms with Crippen LogP contribution in [0.25, 0.3) is 0 Å². The fraction of sp³-hybridized carbons (Fsp3) is 0.368. The summed E-state index contributed by atoms with van der Waals surface area (Å²) in [6.07, 6.45) is -2.37. The number of nitrogens with one attached hydrogen (secondary N) is 2. The molecule has 2 nitrogen and oxygen atoms in total. The zero-order valence-electron chi connectivity index (χ0n) is 13.6. The van der Waals surface area contributed by atoms with E-state index in [2.05, 4.69) is 45.4 Å². The lowest BCUT2D eigenvalue weighted by Gasteiger charge is -2.34. The lowest BCUT2D eigenvalue weighted by atomic mass is 9.92. The van der Waals surface area contributed by atoms with Crippen LogP contribution < -0.4 is 10.6 Å². The van der Waals surface area contributed by atoms with Crippen molar-refractivity contribution < 1.29 is 13.2 Å². The second-order valence-electron chi connectivity index (χ2n) is 6.27. The number of benzene rings is 2. The van der Waals surface area contributed by atoms with Crippen LogP contribution in [-0.4, -0.2) is 12.6 Å². The average molecular weight is 460 g/mol. The number of rotatable bonds is 4. The van der Waals surface area contributed by atoms with E-state index in [-0.39, 0.29) is 18.6 Å². The maximum absolute atomic E-state index is 13.2. The fourth-order valence-corrected chi connectivity index (χ4v) is 3.90. The molecule has 0 aromatic heterocycles. The van der Waals surface area contributed by atoms with Gasteiger partial charge in [-0.05, 0) is 71.3 Å². The van der Waals surface area contributed by atoms with Crippen LogP contribution in [0.2, 0.25) is 0 Å². The molecular formula is C19H20F3IN2. The van der Waals surface area contributed by atoms with Crippen LogP contribution in [-0.2, 0) is 12.7 Å². The highest BCUT2D eigenvalue weighted by Gasteiger charge is 2.33. The molecule has 0 amide bonds. The Morgan fingerprint density at radius 2 is 1.88 bits per heavy atom. The molecule has 0 spiro atoms. The van der Waals surface area contributed by atoms with Crippen molar-refractivity contribution in [3.63, 3.8) is 0 Å². The van der Waals surface area contributed by atoms with Gasteiger partial charge in [0.1, 0.15) is 0 Å². The topological polar surface area (TPSA) is 24.1 Å². The second-order valence-corrected chi connectivity index (χ2v) is 7.52. The molecule has 0 aliphatic carbocycles. The van der Waals surface area contributed by atoms with Gasteiger partial charge in [-0.15, -0.1) is 0 Å². The summed E-state index contributed by atoms with van der Waals surface area (Å²) in [7, 11) is 0. The number of hydrogen-bond donors (Lipinski definition) is 2. The molecule has 1 saturated heterocycles. The van der Waals surface area contributed by atoms with Gasteiger partial charge in [-0.2, -0.15) is 13.2 Å². The Bertz CT molecular complexity index is 704. The zero-order chi connectivity index (χ0) is 17.9. The van der Waals surface area contributed by atoms with Crippen molar-refractivity contribution in [2.45, 2.75) is 37.6 Å². The van der Waals surface area contributed by atoms with Gasteiger partial charge in [-0.1, -0.05) is 30.3 Å². The predicted octanol–water partition coefficient (Wildman–Crippen LogP) is 4.89. The smallest absolute Gasteiger partial charge is 0.309 e. The van der Waals surface area contributed by atoms with Crippen LogP contribution in [0.4, 0.5) is 13.2 Å². The predicted molar refractivity (Wildman–Crippen MR) is 101 cm³/mol. The van der Waals surface area contributed by atoms with Crippen LogP contribution in [0.5, 0.6) is 0 Å². The van der Waals surface area contributed by atoms with Gasteiger partial charge in [0.2, 0.25) is 0 Å². The molecule has 25 heavy (non-hydrogen) atoms. The molecule has 3 rings (SSSR count). The van der Waals surface area contributed by atoms with Gasteiger partial charge in [0.15, 0.2) is 0 Å². The molecule has 0 radical (unpaired) electrons. The van der Waals surface area contributed by atoms with Gasteiger partial charge in [0, 0.05) is 22.2 Å². The first-order chi connectivity index (χ1) is 11.9. The van der Waals surface area contributed by atoms with E-state index in [4.69, 9.17) is 0 Å². The summed E-state index contributed by atoms with van der Waals surface area (Å²) in [5, 5.41) is 6.85. The molecule has 1 aliphatic heterocycles. The van der Waals surface area contributed by atoms with Crippen LogP contribution in [0.1, 0.15) is 35.6 Å². The van der Waals surface area contributed by atoms with E-state index in [1.807, 2.05) is 18.2 Å². The SMILES string of the molecule is FC(F)(F)c1ccc(I)cc1CN[C@H]1CCCN[C@H]1c1ccccc1. The van der Waals surface area contributed by atoms with Crippen molar-refractivity contribution in [3.05, 3.63) is 68.8 Å². The first-order valence-electron chi connectivity index (χ1n) is 8.32. The molecule has 1 fully saturated rings. The van der Waals surface area contributed by atoms with Crippen molar-refractivity contribution in [2.24, 2.45) is 0 Å². The lowest BCUT2D eigenvalue weighted by Crippen LogP contribution is -2.45. The number of alkyl halides is 3. The highest BCUT2D eigenvalue weighted by molar-refractivity contribution is 14.1. The van der Waals surface area contributed by atoms with E-state index in [1.54, 1.807) is 6.07 Å². The van der Waals surface area contributed by atoms with E-state index < -0.39 is 11.7 Å². The maximum Gasteiger partial charge on any atom is 0.416 e. The van der Waals surface area contributed by atoms with Gasteiger partial charge in [0.05, 0.1) is 5.56 Å². The summed E-state index contributed by atoms with van der Waals surface area (Å²) < 4.78 is 40.5. The van der Waals surface area contributed by atoms with Gasteiger partial charge >= 0.3 is 6.18 Å². The fourth-order valence-electron chi connectivity index (χ4n) is 3.35. The molecule has 0 saturated carbocycles. The Hall–Kier alpha value is -1.12. The normalized spacial score (nSPS) is 21.3. The lowest BCUT2D eigenvalue weighted by molar-refractivity contribution is -0.138. The highest BCUT2D eigenvalue weighted by atomic mass is 127. The minimum absolute atomic E-state index is 0.107. The van der Waals surface area contributed by atoms with E-state index in [0.717, 1.165) is 23.0 Å². The third-order valence-corrected chi connectivity index (χ3v) is 5.22. The Morgan fingerprint density at radius 3 is 2.60 bits per heavy atom. The number of halogens is 4. The highest BCUT2D eigenvalue weighted by Crippen LogP contribution is 2.33. The molecule has 2 aromatic rings. The molecule has 134 valence electrons. The number of hydrogen-bond acceptors (Lipinski definition) is 2. The van der Waals surface area contributed by atoms with E-state index in [1.165, 1.54) is 17.7 Å². The molecule has 2 aromatic carbocycles. The maximum atomic E-state index is 13.2. The van der Waals surface area contributed by atoms with Gasteiger partial charge < -0.3 is 10.6 Å². The van der Waals surface area contributed by atoms with Crippen LogP contribution in [0, 0.1) is 3.57 Å². The summed E-state index contributed by atoms with van der Waals surface area (Å²) >= 11 is 2.05. The third-order valence-electron chi connectivity index (χ3n) is 4.54. The number of piperidine rings is 1. The Balaban J connectivity index is 1.77. The van der Waals surface area contributed by atoms with Gasteiger partial charge in [0.25, 0.3) is 0 Å². The standard InChI is InChI=1S/C19H20F3IN2/c20-19(21,22)16-9-8-15(23)11-14(16)12-25-17-7-4-10-24-18(17)13-5-2-1-3-6-13/h1-3,5-6,8-9,11,17-18,24-25H,4,7,10,12H2/t17-,18-/m0/s1. The van der Waals surface area contributed by atoms with Crippen molar-refractivity contribution in [1.29, 1.82) is 0 Å². The summed E-state index contributed by atoms with van der Waals surface area (Å²) in [5.74, 6) is 0. The summed E-state index contributed by atoms with van der Waals surface area (Å²) in [6, 6.07) is 14.6. The van der Waals surface area contributed by atoms with Crippen molar-refractivity contribution >= 4 is 22.6 Å². The van der Waals surface area contributed by atoms with Crippen LogP contribution in [0.3, 0.4) is 0 Å². The van der Waals surface area contributed by atoms with E-state index >= 15 is 0 Å². The molecule has 2 atom stereocenters. The monoisotopic (exact) mass is 460 g/mol. The van der Waals surface area contributed by atoms with E-state index in [0.29, 0.717) is 5.56 Å². The third kappa shape index (κ3) is 4.74. The molecule has 6 heteroatoms. The molecule has 1 heterocycles. The Morgan fingerprint density at radius 1 is 1.12 bits per heavy atom. The Kier molecular flexibility index (Phi) is 6.01. The Labute approximate surface area is 159 Å².